The van der Waals surface area contributed by atoms with E-state index in [-0.39, 0.29) is 23.5 Å². The van der Waals surface area contributed by atoms with Crippen molar-refractivity contribution in [3.8, 4) is 11.4 Å². The molecule has 156 valence electrons. The summed E-state index contributed by atoms with van der Waals surface area (Å²) >= 11 is 0. The third-order valence-corrected chi connectivity index (χ3v) is 5.71. The minimum absolute atomic E-state index is 0.0604. The lowest BCUT2D eigenvalue weighted by molar-refractivity contribution is -0.127. The normalized spacial score (nSPS) is 16.0. The van der Waals surface area contributed by atoms with Crippen molar-refractivity contribution < 1.29 is 9.59 Å². The number of ketones is 1. The summed E-state index contributed by atoms with van der Waals surface area (Å²) in [7, 11) is 3.69. The van der Waals surface area contributed by atoms with Crippen molar-refractivity contribution in [1.29, 1.82) is 0 Å². The van der Waals surface area contributed by atoms with Crippen molar-refractivity contribution in [3.05, 3.63) is 41.7 Å². The fourth-order valence-corrected chi connectivity index (χ4v) is 4.00. The van der Waals surface area contributed by atoms with E-state index >= 15 is 0 Å². The molecule has 1 atom stereocenters. The number of hydrogen-bond acceptors (Lipinski definition) is 4. The zero-order valence-electron chi connectivity index (χ0n) is 18.2. The van der Waals surface area contributed by atoms with Gasteiger partial charge in [0.05, 0.1) is 11.6 Å². The zero-order chi connectivity index (χ0) is 21.2. The summed E-state index contributed by atoms with van der Waals surface area (Å²) < 4.78 is 2.19. The quantitative estimate of drug-likeness (QED) is 0.787. The maximum Gasteiger partial charge on any atom is 0.223 e. The number of Topliss-reactive ketones (excluding diaryl/α,β-unsaturated/α-hetero) is 1. The highest BCUT2D eigenvalue weighted by Crippen LogP contribution is 2.32. The number of rotatable bonds is 5. The second-order valence-electron chi connectivity index (χ2n) is 9.00. The zero-order valence-corrected chi connectivity index (χ0v) is 18.2. The average Bonchev–Trinajstić information content (AvgIpc) is 2.92. The molecule has 1 N–H and O–H groups in total. The van der Waals surface area contributed by atoms with Crippen LogP contribution in [0.25, 0.3) is 11.4 Å². The molecule has 0 fully saturated rings. The molecule has 1 aliphatic rings. The van der Waals surface area contributed by atoms with E-state index in [1.807, 2.05) is 51.1 Å². The highest BCUT2D eigenvalue weighted by atomic mass is 16.2. The van der Waals surface area contributed by atoms with E-state index in [0.717, 1.165) is 36.6 Å². The molecule has 3 rings (SSSR count). The Morgan fingerprint density at radius 1 is 1.17 bits per heavy atom. The molecule has 0 radical (unpaired) electrons. The largest absolute Gasteiger partial charge is 0.359 e. The van der Waals surface area contributed by atoms with Crippen molar-refractivity contribution in [1.82, 2.24) is 19.8 Å². The second-order valence-corrected chi connectivity index (χ2v) is 9.00. The van der Waals surface area contributed by atoms with Gasteiger partial charge in [-0.25, -0.2) is 4.98 Å². The van der Waals surface area contributed by atoms with E-state index in [9.17, 15) is 9.59 Å². The Morgan fingerprint density at radius 3 is 2.48 bits per heavy atom. The highest BCUT2D eigenvalue weighted by Gasteiger charge is 2.35. The molecule has 2 heterocycles. The minimum atomic E-state index is -0.402. The van der Waals surface area contributed by atoms with Gasteiger partial charge in [-0.15, -0.1) is 0 Å². The van der Waals surface area contributed by atoms with Crippen molar-refractivity contribution in [2.75, 3.05) is 20.6 Å². The van der Waals surface area contributed by atoms with Crippen LogP contribution in [0.4, 0.5) is 0 Å². The van der Waals surface area contributed by atoms with Crippen molar-refractivity contribution in [2.24, 2.45) is 11.3 Å². The van der Waals surface area contributed by atoms with Crippen LogP contribution in [0, 0.1) is 11.3 Å². The van der Waals surface area contributed by atoms with E-state index in [1.54, 1.807) is 7.05 Å². The lowest BCUT2D eigenvalue weighted by Gasteiger charge is -2.28. The molecule has 0 unspecified atom stereocenters. The fraction of sp³-hybridized carbons (Fsp3) is 0.522. The Balaban J connectivity index is 2.03. The number of carbonyl (C=O) groups is 2. The van der Waals surface area contributed by atoms with Crippen LogP contribution in [0.5, 0.6) is 0 Å². The third kappa shape index (κ3) is 4.58. The first-order chi connectivity index (χ1) is 13.7. The smallest absolute Gasteiger partial charge is 0.223 e. The molecule has 29 heavy (non-hydrogen) atoms. The van der Waals surface area contributed by atoms with Gasteiger partial charge in [0.15, 0.2) is 5.78 Å². The van der Waals surface area contributed by atoms with Crippen LogP contribution in [0.3, 0.4) is 0 Å². The van der Waals surface area contributed by atoms with Gasteiger partial charge in [-0.05, 0) is 25.4 Å². The number of benzene rings is 1. The van der Waals surface area contributed by atoms with E-state index < -0.39 is 5.92 Å². The number of fused-ring (bicyclic) bond motifs is 1. The van der Waals surface area contributed by atoms with Gasteiger partial charge in [-0.3, -0.25) is 9.59 Å². The number of nitrogens with one attached hydrogen (secondary N) is 1. The molecule has 6 nitrogen and oxygen atoms in total. The van der Waals surface area contributed by atoms with Crippen molar-refractivity contribution >= 4 is 11.7 Å². The van der Waals surface area contributed by atoms with Crippen LogP contribution in [-0.4, -0.2) is 46.8 Å². The summed E-state index contributed by atoms with van der Waals surface area (Å²) in [6, 6.07) is 10.0. The summed E-state index contributed by atoms with van der Waals surface area (Å²) in [6.07, 6.45) is 1.17. The van der Waals surface area contributed by atoms with Gasteiger partial charge in [0.2, 0.25) is 5.91 Å². The molecule has 1 amide bonds. The van der Waals surface area contributed by atoms with E-state index in [2.05, 4.69) is 21.8 Å². The summed E-state index contributed by atoms with van der Waals surface area (Å²) in [5.74, 6) is 0.277. The van der Waals surface area contributed by atoms with E-state index in [1.165, 1.54) is 0 Å². The Hall–Kier alpha value is -2.47. The van der Waals surface area contributed by atoms with Crippen LogP contribution < -0.4 is 5.32 Å². The van der Waals surface area contributed by atoms with Crippen molar-refractivity contribution in [3.63, 3.8) is 0 Å². The third-order valence-electron chi connectivity index (χ3n) is 5.71. The average molecular weight is 397 g/mol. The molecule has 1 aromatic carbocycles. The lowest BCUT2D eigenvalue weighted by Crippen LogP contribution is -2.37. The molecule has 0 saturated heterocycles. The molecule has 0 aliphatic carbocycles. The number of amides is 1. The molecular weight excluding hydrogens is 364 g/mol. The number of nitrogens with zero attached hydrogens (tertiary/aromatic N) is 3. The van der Waals surface area contributed by atoms with E-state index in [4.69, 9.17) is 4.98 Å². The number of carbonyl (C=O) groups excluding carboxylic acids is 2. The predicted molar refractivity (Wildman–Crippen MR) is 115 cm³/mol. The molecule has 0 saturated carbocycles. The summed E-state index contributed by atoms with van der Waals surface area (Å²) in [5, 5.41) is 2.71. The van der Waals surface area contributed by atoms with Gasteiger partial charge in [-0.2, -0.15) is 0 Å². The SMILES string of the molecule is CNC(=O)[C@@H](CC(=O)c1nc(-c2ccccc2)n2c1CN(C)CCC2)C(C)(C)C. The van der Waals surface area contributed by atoms with Gasteiger partial charge in [-0.1, -0.05) is 51.1 Å². The first-order valence-corrected chi connectivity index (χ1v) is 10.3. The van der Waals surface area contributed by atoms with Crippen LogP contribution >= 0.6 is 0 Å². The monoisotopic (exact) mass is 396 g/mol. The molecule has 6 heteroatoms. The Bertz CT molecular complexity index is 880. The summed E-state index contributed by atoms with van der Waals surface area (Å²) in [4.78, 5) is 32.9. The predicted octanol–water partition coefficient (Wildman–Crippen LogP) is 3.37. The standard InChI is InChI=1S/C23H32N4O2/c1-23(2,3)17(22(29)24-4)14-19(28)20-18-15-26(5)12-9-13-27(18)21(25-20)16-10-7-6-8-11-16/h6-8,10-11,17H,9,12-15H2,1-5H3,(H,24,29)/t17-/m1/s1. The Kier molecular flexibility index (Phi) is 6.22. The van der Waals surface area contributed by atoms with Gasteiger partial charge in [0.1, 0.15) is 11.5 Å². The summed E-state index contributed by atoms with van der Waals surface area (Å²) in [5.41, 5.74) is 2.16. The first-order valence-electron chi connectivity index (χ1n) is 10.3. The van der Waals surface area contributed by atoms with E-state index in [0.29, 0.717) is 12.2 Å². The fourth-order valence-electron chi connectivity index (χ4n) is 4.00. The minimum Gasteiger partial charge on any atom is -0.359 e. The maximum absolute atomic E-state index is 13.4. The maximum atomic E-state index is 13.4. The van der Waals surface area contributed by atoms with Gasteiger partial charge < -0.3 is 14.8 Å². The van der Waals surface area contributed by atoms with Gasteiger partial charge in [0.25, 0.3) is 0 Å². The summed E-state index contributed by atoms with van der Waals surface area (Å²) in [6.45, 7) is 8.49. The van der Waals surface area contributed by atoms with Crippen LogP contribution in [0.15, 0.2) is 30.3 Å². The van der Waals surface area contributed by atoms with Gasteiger partial charge >= 0.3 is 0 Å². The topological polar surface area (TPSA) is 67.2 Å². The Labute approximate surface area is 173 Å². The molecular formula is C23H32N4O2. The van der Waals surface area contributed by atoms with Crippen LogP contribution in [0.2, 0.25) is 0 Å². The van der Waals surface area contributed by atoms with Crippen LogP contribution in [-0.2, 0) is 17.9 Å². The second kappa shape index (κ2) is 8.49. The molecule has 0 spiro atoms. The molecule has 0 bridgehead atoms. The number of hydrogen-bond donors (Lipinski definition) is 1. The molecule has 1 aliphatic heterocycles. The first kappa shape index (κ1) is 21.2. The van der Waals surface area contributed by atoms with Gasteiger partial charge in [0, 0.05) is 32.1 Å². The highest BCUT2D eigenvalue weighted by molar-refractivity contribution is 5.98. The number of imidazole rings is 1. The van der Waals surface area contributed by atoms with Crippen molar-refractivity contribution in [2.45, 2.75) is 46.7 Å². The Morgan fingerprint density at radius 2 is 1.86 bits per heavy atom. The van der Waals surface area contributed by atoms with Crippen LogP contribution in [0.1, 0.15) is 49.8 Å². The molecule has 1 aromatic heterocycles. The lowest BCUT2D eigenvalue weighted by atomic mass is 9.77. The number of aromatic nitrogens is 2. The molecule has 2 aromatic rings.